The summed E-state index contributed by atoms with van der Waals surface area (Å²) in [5.41, 5.74) is 1.79. The molecule has 0 bridgehead atoms. The highest BCUT2D eigenvalue weighted by atomic mass is 32.2. The summed E-state index contributed by atoms with van der Waals surface area (Å²) in [4.78, 5) is 11.8. The standard InChI is InChI=1S/C14H22N2OS/c1-3-9-15-13-7-5-12(6-8-13)14(17)16-10-4-11-18-2/h5-8,15H,3-4,9-11H2,1-2H3,(H,16,17). The van der Waals surface area contributed by atoms with Crippen LogP contribution in [-0.4, -0.2) is 31.0 Å². The van der Waals surface area contributed by atoms with Crippen LogP contribution in [0, 0.1) is 0 Å². The van der Waals surface area contributed by atoms with Gasteiger partial charge in [0.25, 0.3) is 5.91 Å². The van der Waals surface area contributed by atoms with Crippen LogP contribution in [-0.2, 0) is 0 Å². The molecule has 1 aromatic rings. The topological polar surface area (TPSA) is 41.1 Å². The summed E-state index contributed by atoms with van der Waals surface area (Å²) in [6.45, 7) is 3.83. The number of nitrogens with one attached hydrogen (secondary N) is 2. The first-order chi connectivity index (χ1) is 8.77. The Bertz CT molecular complexity index is 351. The van der Waals surface area contributed by atoms with Crippen molar-refractivity contribution in [3.63, 3.8) is 0 Å². The van der Waals surface area contributed by atoms with Gasteiger partial charge in [0.05, 0.1) is 0 Å². The van der Waals surface area contributed by atoms with Crippen molar-refractivity contribution in [1.82, 2.24) is 5.32 Å². The Labute approximate surface area is 114 Å². The summed E-state index contributed by atoms with van der Waals surface area (Å²) in [6.07, 6.45) is 4.19. The van der Waals surface area contributed by atoms with Gasteiger partial charge in [0.2, 0.25) is 0 Å². The number of benzene rings is 1. The molecule has 1 rings (SSSR count). The molecule has 0 spiro atoms. The van der Waals surface area contributed by atoms with E-state index in [0.717, 1.165) is 42.9 Å². The summed E-state index contributed by atoms with van der Waals surface area (Å²) in [7, 11) is 0. The molecule has 0 unspecified atom stereocenters. The van der Waals surface area contributed by atoms with E-state index in [1.807, 2.05) is 24.3 Å². The maximum Gasteiger partial charge on any atom is 0.251 e. The third-order valence-electron chi connectivity index (χ3n) is 2.54. The van der Waals surface area contributed by atoms with Gasteiger partial charge in [-0.25, -0.2) is 0 Å². The number of hydrogen-bond acceptors (Lipinski definition) is 3. The maximum atomic E-state index is 11.8. The fraction of sp³-hybridized carbons (Fsp3) is 0.500. The van der Waals surface area contributed by atoms with E-state index in [-0.39, 0.29) is 5.91 Å². The highest BCUT2D eigenvalue weighted by Crippen LogP contribution is 2.09. The number of rotatable bonds is 8. The molecule has 0 radical (unpaired) electrons. The minimum atomic E-state index is 0.0122. The molecule has 0 saturated heterocycles. The van der Waals surface area contributed by atoms with Gasteiger partial charge in [-0.2, -0.15) is 11.8 Å². The first-order valence-electron chi connectivity index (χ1n) is 6.39. The molecule has 0 aromatic heterocycles. The van der Waals surface area contributed by atoms with Crippen molar-refractivity contribution in [2.24, 2.45) is 0 Å². The van der Waals surface area contributed by atoms with Crippen molar-refractivity contribution < 1.29 is 4.79 Å². The first kappa shape index (κ1) is 14.9. The Morgan fingerprint density at radius 1 is 1.22 bits per heavy atom. The quantitative estimate of drug-likeness (QED) is 0.711. The molecule has 0 atom stereocenters. The number of thioether (sulfide) groups is 1. The highest BCUT2D eigenvalue weighted by Gasteiger charge is 2.03. The second-order valence-electron chi connectivity index (χ2n) is 4.11. The summed E-state index contributed by atoms with van der Waals surface area (Å²) in [5, 5.41) is 6.21. The predicted molar refractivity (Wildman–Crippen MR) is 80.6 cm³/mol. The van der Waals surface area contributed by atoms with Gasteiger partial charge in [0.15, 0.2) is 0 Å². The van der Waals surface area contributed by atoms with E-state index in [9.17, 15) is 4.79 Å². The van der Waals surface area contributed by atoms with Crippen LogP contribution >= 0.6 is 11.8 Å². The van der Waals surface area contributed by atoms with Gasteiger partial charge in [-0.1, -0.05) is 6.92 Å². The van der Waals surface area contributed by atoms with Crippen LogP contribution in [0.4, 0.5) is 5.69 Å². The van der Waals surface area contributed by atoms with Crippen molar-refractivity contribution in [3.8, 4) is 0 Å². The smallest absolute Gasteiger partial charge is 0.251 e. The van der Waals surface area contributed by atoms with Crippen LogP contribution in [0.2, 0.25) is 0 Å². The molecule has 0 aliphatic carbocycles. The van der Waals surface area contributed by atoms with Gasteiger partial charge in [0.1, 0.15) is 0 Å². The molecule has 1 aromatic carbocycles. The molecule has 1 amide bonds. The number of anilines is 1. The molecule has 0 fully saturated rings. The molecular formula is C14H22N2OS. The second kappa shape index (κ2) is 8.86. The van der Waals surface area contributed by atoms with Gasteiger partial charge in [0, 0.05) is 24.3 Å². The van der Waals surface area contributed by atoms with E-state index in [2.05, 4.69) is 23.8 Å². The Kier molecular flexibility index (Phi) is 7.34. The molecule has 3 nitrogen and oxygen atoms in total. The van der Waals surface area contributed by atoms with Gasteiger partial charge in [-0.3, -0.25) is 4.79 Å². The minimum Gasteiger partial charge on any atom is -0.385 e. The van der Waals surface area contributed by atoms with Crippen LogP contribution in [0.3, 0.4) is 0 Å². The van der Waals surface area contributed by atoms with E-state index < -0.39 is 0 Å². The van der Waals surface area contributed by atoms with Crippen LogP contribution in [0.5, 0.6) is 0 Å². The van der Waals surface area contributed by atoms with Crippen LogP contribution < -0.4 is 10.6 Å². The summed E-state index contributed by atoms with van der Waals surface area (Å²) >= 11 is 1.80. The van der Waals surface area contributed by atoms with E-state index in [1.54, 1.807) is 11.8 Å². The fourth-order valence-electron chi connectivity index (χ4n) is 1.53. The van der Waals surface area contributed by atoms with Crippen LogP contribution in [0.15, 0.2) is 24.3 Å². The van der Waals surface area contributed by atoms with E-state index in [4.69, 9.17) is 0 Å². The van der Waals surface area contributed by atoms with Crippen LogP contribution in [0.25, 0.3) is 0 Å². The zero-order valence-corrected chi connectivity index (χ0v) is 12.0. The monoisotopic (exact) mass is 266 g/mol. The number of carbonyl (C=O) groups excluding carboxylic acids is 1. The Morgan fingerprint density at radius 3 is 2.56 bits per heavy atom. The first-order valence-corrected chi connectivity index (χ1v) is 7.78. The lowest BCUT2D eigenvalue weighted by Gasteiger charge is -2.07. The maximum absolute atomic E-state index is 11.8. The lowest BCUT2D eigenvalue weighted by atomic mass is 10.2. The Balaban J connectivity index is 2.38. The molecule has 0 heterocycles. The molecule has 4 heteroatoms. The second-order valence-corrected chi connectivity index (χ2v) is 5.09. The Morgan fingerprint density at radius 2 is 1.94 bits per heavy atom. The molecule has 0 aliphatic rings. The van der Waals surface area contributed by atoms with Crippen LogP contribution in [0.1, 0.15) is 30.1 Å². The van der Waals surface area contributed by atoms with Gasteiger partial charge >= 0.3 is 0 Å². The van der Waals surface area contributed by atoms with Crippen molar-refractivity contribution in [3.05, 3.63) is 29.8 Å². The lowest BCUT2D eigenvalue weighted by Crippen LogP contribution is -2.24. The molecule has 2 N–H and O–H groups in total. The normalized spacial score (nSPS) is 10.1. The SMILES string of the molecule is CCCNc1ccc(C(=O)NCCCSC)cc1. The van der Waals surface area contributed by atoms with E-state index in [1.165, 1.54) is 0 Å². The molecule has 0 aliphatic heterocycles. The van der Waals surface area contributed by atoms with Crippen molar-refractivity contribution >= 4 is 23.4 Å². The van der Waals surface area contributed by atoms with Crippen molar-refractivity contribution in [1.29, 1.82) is 0 Å². The van der Waals surface area contributed by atoms with E-state index in [0.29, 0.717) is 0 Å². The van der Waals surface area contributed by atoms with Crippen molar-refractivity contribution in [2.75, 3.05) is 30.4 Å². The number of amides is 1. The fourth-order valence-corrected chi connectivity index (χ4v) is 1.96. The van der Waals surface area contributed by atoms with Crippen molar-refractivity contribution in [2.45, 2.75) is 19.8 Å². The summed E-state index contributed by atoms with van der Waals surface area (Å²) < 4.78 is 0. The van der Waals surface area contributed by atoms with Gasteiger partial charge in [-0.15, -0.1) is 0 Å². The average Bonchev–Trinajstić information content (AvgIpc) is 2.41. The zero-order valence-electron chi connectivity index (χ0n) is 11.2. The zero-order chi connectivity index (χ0) is 13.2. The average molecular weight is 266 g/mol. The third kappa shape index (κ3) is 5.45. The summed E-state index contributed by atoms with van der Waals surface area (Å²) in [5.74, 6) is 1.10. The van der Waals surface area contributed by atoms with E-state index >= 15 is 0 Å². The molecular weight excluding hydrogens is 244 g/mol. The highest BCUT2D eigenvalue weighted by molar-refractivity contribution is 7.98. The summed E-state index contributed by atoms with van der Waals surface area (Å²) in [6, 6.07) is 7.63. The third-order valence-corrected chi connectivity index (χ3v) is 3.23. The lowest BCUT2D eigenvalue weighted by molar-refractivity contribution is 0.0954. The predicted octanol–water partition coefficient (Wildman–Crippen LogP) is 2.99. The number of carbonyl (C=O) groups is 1. The molecule has 100 valence electrons. The van der Waals surface area contributed by atoms with Gasteiger partial charge < -0.3 is 10.6 Å². The number of hydrogen-bond donors (Lipinski definition) is 2. The molecule has 18 heavy (non-hydrogen) atoms. The van der Waals surface area contributed by atoms with Gasteiger partial charge in [-0.05, 0) is 49.1 Å². The largest absolute Gasteiger partial charge is 0.385 e. The Hall–Kier alpha value is -1.16. The molecule has 0 saturated carbocycles. The minimum absolute atomic E-state index is 0.0122.